The van der Waals surface area contributed by atoms with Crippen LogP contribution in [0.4, 0.5) is 11.6 Å². The van der Waals surface area contributed by atoms with Crippen LogP contribution in [-0.2, 0) is 6.42 Å². The third kappa shape index (κ3) is 3.11. The molecule has 2 aromatic rings. The molecule has 0 atom stereocenters. The summed E-state index contributed by atoms with van der Waals surface area (Å²) < 4.78 is 0.723. The number of thiazole rings is 1. The van der Waals surface area contributed by atoms with Crippen molar-refractivity contribution in [2.75, 3.05) is 17.3 Å². The number of hydrogen-bond acceptors (Lipinski definition) is 7. The maximum Gasteiger partial charge on any atom is 0.159 e. The second-order valence-electron chi connectivity index (χ2n) is 3.19. The molecule has 0 unspecified atom stereocenters. The monoisotopic (exact) mass is 314 g/mol. The fraction of sp³-hybridized carbons (Fsp3) is 0.222. The number of nitrogens with zero attached hydrogens (tertiary/aromatic N) is 3. The molecule has 0 aromatic carbocycles. The van der Waals surface area contributed by atoms with E-state index >= 15 is 0 Å². The highest BCUT2D eigenvalue weighted by molar-refractivity contribution is 9.10. The third-order valence-corrected chi connectivity index (χ3v) is 3.47. The van der Waals surface area contributed by atoms with Gasteiger partial charge in [0.2, 0.25) is 0 Å². The van der Waals surface area contributed by atoms with Gasteiger partial charge in [0.15, 0.2) is 5.82 Å². The third-order valence-electron chi connectivity index (χ3n) is 2.08. The Morgan fingerprint density at radius 1 is 1.29 bits per heavy atom. The van der Waals surface area contributed by atoms with E-state index in [2.05, 4.69) is 41.6 Å². The largest absolute Gasteiger partial charge is 0.369 e. The molecule has 0 aliphatic carbocycles. The van der Waals surface area contributed by atoms with E-state index in [0.29, 0.717) is 11.6 Å². The molecule has 90 valence electrons. The summed E-state index contributed by atoms with van der Waals surface area (Å²) in [5.41, 5.74) is 5.39. The molecule has 0 fully saturated rings. The lowest BCUT2D eigenvalue weighted by Gasteiger charge is -2.08. The summed E-state index contributed by atoms with van der Waals surface area (Å²) in [6.45, 7) is 0.753. The Bertz CT molecular complexity index is 474. The summed E-state index contributed by atoms with van der Waals surface area (Å²) in [5.74, 6) is 6.58. The quantitative estimate of drug-likeness (QED) is 0.574. The van der Waals surface area contributed by atoms with Crippen LogP contribution in [0.2, 0.25) is 0 Å². The highest BCUT2D eigenvalue weighted by atomic mass is 79.9. The molecule has 8 heteroatoms. The van der Waals surface area contributed by atoms with E-state index < -0.39 is 0 Å². The molecular formula is C9H11BrN6S. The second kappa shape index (κ2) is 5.89. The lowest BCUT2D eigenvalue weighted by Crippen LogP contribution is -2.12. The van der Waals surface area contributed by atoms with Gasteiger partial charge in [0, 0.05) is 18.3 Å². The maximum absolute atomic E-state index is 5.32. The Kier molecular flexibility index (Phi) is 4.24. The van der Waals surface area contributed by atoms with Crippen LogP contribution in [0.1, 0.15) is 5.69 Å². The van der Waals surface area contributed by atoms with Crippen molar-refractivity contribution in [2.45, 2.75) is 6.42 Å². The first kappa shape index (κ1) is 12.2. The zero-order chi connectivity index (χ0) is 12.1. The van der Waals surface area contributed by atoms with Crippen LogP contribution in [0.3, 0.4) is 0 Å². The van der Waals surface area contributed by atoms with Crippen molar-refractivity contribution in [3.8, 4) is 0 Å². The molecule has 0 spiro atoms. The van der Waals surface area contributed by atoms with Crippen LogP contribution >= 0.6 is 27.3 Å². The zero-order valence-electron chi connectivity index (χ0n) is 8.85. The number of halogens is 1. The Morgan fingerprint density at radius 3 is 2.82 bits per heavy atom. The van der Waals surface area contributed by atoms with Crippen LogP contribution in [-0.4, -0.2) is 21.5 Å². The van der Waals surface area contributed by atoms with Crippen LogP contribution < -0.4 is 16.6 Å². The number of hydrogen-bond donors (Lipinski definition) is 3. The van der Waals surface area contributed by atoms with Gasteiger partial charge >= 0.3 is 0 Å². The van der Waals surface area contributed by atoms with E-state index in [9.17, 15) is 0 Å². The highest BCUT2D eigenvalue weighted by Gasteiger charge is 2.06. The van der Waals surface area contributed by atoms with Crippen molar-refractivity contribution in [1.82, 2.24) is 15.0 Å². The zero-order valence-corrected chi connectivity index (χ0v) is 11.3. The molecular weight excluding hydrogens is 304 g/mol. The van der Waals surface area contributed by atoms with Crippen molar-refractivity contribution in [3.63, 3.8) is 0 Å². The predicted octanol–water partition coefficient (Wildman–Crippen LogP) is 1.64. The fourth-order valence-corrected chi connectivity index (χ4v) is 2.32. The van der Waals surface area contributed by atoms with Gasteiger partial charge in [-0.3, -0.25) is 0 Å². The summed E-state index contributed by atoms with van der Waals surface area (Å²) in [6.07, 6.45) is 2.30. The van der Waals surface area contributed by atoms with Crippen molar-refractivity contribution in [3.05, 3.63) is 27.4 Å². The van der Waals surface area contributed by atoms with E-state index in [-0.39, 0.29) is 0 Å². The van der Waals surface area contributed by atoms with Gasteiger partial charge in [-0.1, -0.05) is 0 Å². The van der Waals surface area contributed by atoms with Crippen LogP contribution in [0.25, 0.3) is 0 Å². The minimum atomic E-state index is 0.552. The smallest absolute Gasteiger partial charge is 0.159 e. The van der Waals surface area contributed by atoms with Crippen LogP contribution in [0, 0.1) is 0 Å². The fourth-order valence-electron chi connectivity index (χ4n) is 1.26. The van der Waals surface area contributed by atoms with Crippen molar-refractivity contribution in [1.29, 1.82) is 0 Å². The minimum Gasteiger partial charge on any atom is -0.369 e. The van der Waals surface area contributed by atoms with Gasteiger partial charge in [-0.05, 0) is 15.9 Å². The average Bonchev–Trinajstić information content (AvgIpc) is 2.84. The highest BCUT2D eigenvalue weighted by Crippen LogP contribution is 2.25. The normalized spacial score (nSPS) is 10.2. The van der Waals surface area contributed by atoms with Gasteiger partial charge < -0.3 is 10.7 Å². The Morgan fingerprint density at radius 2 is 2.12 bits per heavy atom. The molecule has 0 aliphatic rings. The molecule has 0 saturated heterocycles. The first-order valence-corrected chi connectivity index (χ1v) is 6.63. The molecule has 6 nitrogen and oxygen atoms in total. The summed E-state index contributed by atoms with van der Waals surface area (Å²) in [5, 5.41) is 5.23. The Balaban J connectivity index is 1.95. The number of rotatable bonds is 5. The van der Waals surface area contributed by atoms with Gasteiger partial charge in [-0.2, -0.15) is 0 Å². The number of nitrogens with two attached hydrogens (primary N) is 1. The van der Waals surface area contributed by atoms with Crippen LogP contribution in [0.15, 0.2) is 21.7 Å². The molecule has 0 aliphatic heterocycles. The summed E-state index contributed by atoms with van der Waals surface area (Å²) in [7, 11) is 0. The first-order valence-electron chi connectivity index (χ1n) is 4.89. The molecule has 17 heavy (non-hydrogen) atoms. The molecule has 0 bridgehead atoms. The lowest BCUT2D eigenvalue weighted by atomic mass is 10.3. The van der Waals surface area contributed by atoms with E-state index in [1.165, 1.54) is 6.33 Å². The predicted molar refractivity (Wildman–Crippen MR) is 71.8 cm³/mol. The number of nitrogen functional groups attached to an aromatic ring is 1. The standard InChI is InChI=1S/C9H11BrN6S/c10-7-8(13-4-14-9(7)16-11)12-2-1-6-3-17-5-15-6/h3-5H,1-2,11H2,(H2,12,13,14,16). The second-order valence-corrected chi connectivity index (χ2v) is 4.70. The SMILES string of the molecule is NNc1ncnc(NCCc2cscn2)c1Br. The molecule has 2 heterocycles. The Hall–Kier alpha value is -1.25. The van der Waals surface area contributed by atoms with Gasteiger partial charge in [-0.25, -0.2) is 20.8 Å². The van der Waals surface area contributed by atoms with Gasteiger partial charge in [0.05, 0.1) is 11.2 Å². The minimum absolute atomic E-state index is 0.552. The maximum atomic E-state index is 5.32. The Labute approximate surface area is 111 Å². The average molecular weight is 315 g/mol. The van der Waals surface area contributed by atoms with Crippen molar-refractivity contribution in [2.24, 2.45) is 5.84 Å². The number of aromatic nitrogens is 3. The van der Waals surface area contributed by atoms with Crippen molar-refractivity contribution >= 4 is 38.9 Å². The van der Waals surface area contributed by atoms with Crippen LogP contribution in [0.5, 0.6) is 0 Å². The first-order chi connectivity index (χ1) is 8.31. The molecule has 2 aromatic heterocycles. The number of hydrazine groups is 1. The summed E-state index contributed by atoms with van der Waals surface area (Å²) in [6, 6.07) is 0. The molecule has 2 rings (SSSR count). The van der Waals surface area contributed by atoms with Crippen molar-refractivity contribution < 1.29 is 0 Å². The molecule has 0 amide bonds. The van der Waals surface area contributed by atoms with E-state index in [4.69, 9.17) is 5.84 Å². The van der Waals surface area contributed by atoms with E-state index in [1.54, 1.807) is 11.3 Å². The summed E-state index contributed by atoms with van der Waals surface area (Å²) >= 11 is 4.97. The van der Waals surface area contributed by atoms with Gasteiger partial charge in [0.25, 0.3) is 0 Å². The summed E-state index contributed by atoms with van der Waals surface area (Å²) in [4.78, 5) is 12.3. The molecule has 0 saturated carbocycles. The van der Waals surface area contributed by atoms with Gasteiger partial charge in [-0.15, -0.1) is 11.3 Å². The lowest BCUT2D eigenvalue weighted by molar-refractivity contribution is 0.961. The number of nitrogens with one attached hydrogen (secondary N) is 2. The van der Waals surface area contributed by atoms with E-state index in [1.807, 2.05) is 10.9 Å². The van der Waals surface area contributed by atoms with Gasteiger partial charge in [0.1, 0.15) is 16.6 Å². The molecule has 0 radical (unpaired) electrons. The van der Waals surface area contributed by atoms with E-state index in [0.717, 1.165) is 23.1 Å². The number of anilines is 2. The molecule has 4 N–H and O–H groups in total. The topological polar surface area (TPSA) is 88.8 Å².